The quantitative estimate of drug-likeness (QED) is 0.754. The van der Waals surface area contributed by atoms with Crippen LogP contribution >= 0.6 is 0 Å². The second-order valence-electron chi connectivity index (χ2n) is 3.53. The van der Waals surface area contributed by atoms with E-state index in [1.165, 1.54) is 6.20 Å². The Morgan fingerprint density at radius 1 is 1.31 bits per heavy atom. The van der Waals surface area contributed by atoms with Crippen LogP contribution in [0.15, 0.2) is 18.6 Å². The average molecular weight is 216 g/mol. The van der Waals surface area contributed by atoms with E-state index in [1.54, 1.807) is 17.0 Å². The van der Waals surface area contributed by atoms with Gasteiger partial charge in [0.05, 0.1) is 17.6 Å². The van der Waals surface area contributed by atoms with Crippen LogP contribution in [0.4, 0.5) is 0 Å². The summed E-state index contributed by atoms with van der Waals surface area (Å²) in [6.45, 7) is 0.586. The second-order valence-corrected chi connectivity index (χ2v) is 3.53. The molecular formula is C10H8N4O2. The summed E-state index contributed by atoms with van der Waals surface area (Å²) in [4.78, 5) is 23.3. The molecule has 1 N–H and O–H groups in total. The van der Waals surface area contributed by atoms with Crippen molar-refractivity contribution in [2.24, 2.45) is 0 Å². The van der Waals surface area contributed by atoms with Gasteiger partial charge in [-0.25, -0.2) is 9.78 Å². The molecule has 2 aromatic rings. The van der Waals surface area contributed by atoms with E-state index in [1.807, 2.05) is 0 Å². The predicted molar refractivity (Wildman–Crippen MR) is 53.9 cm³/mol. The maximum absolute atomic E-state index is 10.9. The highest BCUT2D eigenvalue weighted by atomic mass is 16.4. The molecule has 0 aromatic carbocycles. The van der Waals surface area contributed by atoms with Gasteiger partial charge in [0.2, 0.25) is 5.82 Å². The Balaban J connectivity index is 2.23. The highest BCUT2D eigenvalue weighted by Gasteiger charge is 2.23. The highest BCUT2D eigenvalue weighted by molar-refractivity contribution is 5.85. The first-order valence-electron chi connectivity index (χ1n) is 4.86. The number of carboxylic acid groups (broad SMARTS) is 1. The fraction of sp³-hybridized carbons (Fsp3) is 0.200. The molecule has 0 spiro atoms. The van der Waals surface area contributed by atoms with Crippen molar-refractivity contribution >= 4 is 5.97 Å². The number of aryl methyl sites for hydroxylation is 1. The standard InChI is InChI=1S/C10H8N4O2/c15-10(16)9-13-5-7-8-6(1-4-14(7)9)11-2-3-12-8/h2-3,5H,1,4H2,(H,15,16). The van der Waals surface area contributed by atoms with Crippen LogP contribution in [0.3, 0.4) is 0 Å². The van der Waals surface area contributed by atoms with Crippen molar-refractivity contribution in [3.8, 4) is 11.4 Å². The summed E-state index contributed by atoms with van der Waals surface area (Å²) in [5.74, 6) is -0.954. The zero-order chi connectivity index (χ0) is 11.1. The van der Waals surface area contributed by atoms with Gasteiger partial charge in [-0.2, -0.15) is 0 Å². The molecule has 0 amide bonds. The van der Waals surface area contributed by atoms with Gasteiger partial charge in [-0.3, -0.25) is 9.97 Å². The molecule has 0 saturated carbocycles. The summed E-state index contributed by atoms with van der Waals surface area (Å²) in [5.41, 5.74) is 2.35. The van der Waals surface area contributed by atoms with Crippen LogP contribution in [0.1, 0.15) is 16.3 Å². The Hall–Kier alpha value is -2.24. The fourth-order valence-corrected chi connectivity index (χ4v) is 1.94. The van der Waals surface area contributed by atoms with Gasteiger partial charge in [-0.05, 0) is 0 Å². The van der Waals surface area contributed by atoms with Gasteiger partial charge < -0.3 is 9.67 Å². The Kier molecular flexibility index (Phi) is 1.76. The molecule has 3 heterocycles. The van der Waals surface area contributed by atoms with Crippen LogP contribution < -0.4 is 0 Å². The summed E-state index contributed by atoms with van der Waals surface area (Å²) >= 11 is 0. The maximum Gasteiger partial charge on any atom is 0.372 e. The molecule has 0 aliphatic carbocycles. The predicted octanol–water partition coefficient (Wildman–Crippen LogP) is 0.594. The number of hydrogen-bond donors (Lipinski definition) is 1. The van der Waals surface area contributed by atoms with Crippen LogP contribution in [0.2, 0.25) is 0 Å². The smallest absolute Gasteiger partial charge is 0.372 e. The Labute approximate surface area is 90.6 Å². The zero-order valence-corrected chi connectivity index (χ0v) is 8.29. The van der Waals surface area contributed by atoms with Gasteiger partial charge in [0.25, 0.3) is 0 Å². The van der Waals surface area contributed by atoms with E-state index >= 15 is 0 Å². The van der Waals surface area contributed by atoms with Gasteiger partial charge >= 0.3 is 5.97 Å². The monoisotopic (exact) mass is 216 g/mol. The molecule has 80 valence electrons. The lowest BCUT2D eigenvalue weighted by molar-refractivity contribution is 0.0678. The number of nitrogens with zero attached hydrogens (tertiary/aromatic N) is 4. The number of carboxylic acids is 1. The number of fused-ring (bicyclic) bond motifs is 3. The van der Waals surface area contributed by atoms with E-state index in [-0.39, 0.29) is 5.82 Å². The average Bonchev–Trinajstić information content (AvgIpc) is 2.73. The number of aromatic nitrogens is 4. The van der Waals surface area contributed by atoms with Crippen molar-refractivity contribution in [2.75, 3.05) is 0 Å². The van der Waals surface area contributed by atoms with Crippen molar-refractivity contribution in [2.45, 2.75) is 13.0 Å². The second kappa shape index (κ2) is 3.13. The molecule has 0 bridgehead atoms. The van der Waals surface area contributed by atoms with E-state index < -0.39 is 5.97 Å². The molecular weight excluding hydrogens is 208 g/mol. The molecule has 0 fully saturated rings. The molecule has 1 aliphatic heterocycles. The summed E-state index contributed by atoms with van der Waals surface area (Å²) in [5, 5.41) is 8.96. The first-order valence-corrected chi connectivity index (χ1v) is 4.86. The molecule has 2 aromatic heterocycles. The number of hydrogen-bond acceptors (Lipinski definition) is 4. The highest BCUT2D eigenvalue weighted by Crippen LogP contribution is 2.26. The van der Waals surface area contributed by atoms with Crippen molar-refractivity contribution in [3.05, 3.63) is 30.1 Å². The molecule has 0 unspecified atom stereocenters. The lowest BCUT2D eigenvalue weighted by Crippen LogP contribution is -2.17. The SMILES string of the molecule is O=C(O)c1ncc2n1CCc1nccnc1-2. The van der Waals surface area contributed by atoms with Crippen LogP contribution in [-0.2, 0) is 13.0 Å². The lowest BCUT2D eigenvalue weighted by atomic mass is 10.1. The minimum absolute atomic E-state index is 0.0614. The Morgan fingerprint density at radius 3 is 2.94 bits per heavy atom. The maximum atomic E-state index is 10.9. The third-order valence-electron chi connectivity index (χ3n) is 2.64. The van der Waals surface area contributed by atoms with E-state index in [4.69, 9.17) is 5.11 Å². The summed E-state index contributed by atoms with van der Waals surface area (Å²) < 4.78 is 1.67. The van der Waals surface area contributed by atoms with Gasteiger partial charge in [0, 0.05) is 25.4 Å². The largest absolute Gasteiger partial charge is 0.475 e. The third kappa shape index (κ3) is 1.13. The third-order valence-corrected chi connectivity index (χ3v) is 2.64. The van der Waals surface area contributed by atoms with Gasteiger partial charge in [-0.15, -0.1) is 0 Å². The van der Waals surface area contributed by atoms with Crippen molar-refractivity contribution < 1.29 is 9.90 Å². The molecule has 0 atom stereocenters. The van der Waals surface area contributed by atoms with E-state index in [0.29, 0.717) is 13.0 Å². The molecule has 16 heavy (non-hydrogen) atoms. The molecule has 0 radical (unpaired) electrons. The van der Waals surface area contributed by atoms with Crippen molar-refractivity contribution in [1.29, 1.82) is 0 Å². The van der Waals surface area contributed by atoms with Gasteiger partial charge in [0.1, 0.15) is 5.69 Å². The number of aromatic carboxylic acids is 1. The van der Waals surface area contributed by atoms with Crippen molar-refractivity contribution in [1.82, 2.24) is 19.5 Å². The van der Waals surface area contributed by atoms with Crippen LogP contribution in [0.5, 0.6) is 0 Å². The summed E-state index contributed by atoms with van der Waals surface area (Å²) in [6, 6.07) is 0. The summed E-state index contributed by atoms with van der Waals surface area (Å²) in [6.07, 6.45) is 5.47. The molecule has 0 saturated heterocycles. The van der Waals surface area contributed by atoms with E-state index in [2.05, 4.69) is 15.0 Å². The van der Waals surface area contributed by atoms with Crippen molar-refractivity contribution in [3.63, 3.8) is 0 Å². The Bertz CT molecular complexity index is 576. The number of carbonyl (C=O) groups is 1. The van der Waals surface area contributed by atoms with E-state index in [9.17, 15) is 4.79 Å². The first-order chi connectivity index (χ1) is 7.77. The van der Waals surface area contributed by atoms with E-state index in [0.717, 1.165) is 17.1 Å². The molecule has 6 nitrogen and oxygen atoms in total. The molecule has 1 aliphatic rings. The first kappa shape index (κ1) is 9.02. The zero-order valence-electron chi connectivity index (χ0n) is 8.29. The lowest BCUT2D eigenvalue weighted by Gasteiger charge is -2.16. The molecule has 3 rings (SSSR count). The number of rotatable bonds is 1. The van der Waals surface area contributed by atoms with Gasteiger partial charge in [0.15, 0.2) is 0 Å². The van der Waals surface area contributed by atoms with Gasteiger partial charge in [-0.1, -0.05) is 0 Å². The van der Waals surface area contributed by atoms with Crippen LogP contribution in [0.25, 0.3) is 11.4 Å². The molecule has 6 heteroatoms. The minimum atomic E-state index is -1.02. The van der Waals surface area contributed by atoms with Crippen LogP contribution in [0, 0.1) is 0 Å². The Morgan fingerprint density at radius 2 is 2.12 bits per heavy atom. The van der Waals surface area contributed by atoms with Crippen LogP contribution in [-0.4, -0.2) is 30.6 Å². The topological polar surface area (TPSA) is 80.9 Å². The number of imidazole rings is 1. The normalized spacial score (nSPS) is 13.0. The summed E-state index contributed by atoms with van der Waals surface area (Å²) in [7, 11) is 0. The fourth-order valence-electron chi connectivity index (χ4n) is 1.94. The minimum Gasteiger partial charge on any atom is -0.475 e.